The number of anilines is 2. The van der Waals surface area contributed by atoms with Crippen LogP contribution in [0.3, 0.4) is 0 Å². The molecule has 0 fully saturated rings. The van der Waals surface area contributed by atoms with Crippen LogP contribution >= 0.6 is 0 Å². The Labute approximate surface area is 117 Å². The summed E-state index contributed by atoms with van der Waals surface area (Å²) in [5, 5.41) is 3.26. The molecule has 0 saturated carbocycles. The maximum absolute atomic E-state index is 12.8. The fraction of sp³-hybridized carbons (Fsp3) is 0.286. The van der Waals surface area contributed by atoms with Gasteiger partial charge in [-0.2, -0.15) is 0 Å². The molecule has 1 aromatic carbocycles. The predicted octanol–water partition coefficient (Wildman–Crippen LogP) is 2.12. The van der Waals surface area contributed by atoms with E-state index < -0.39 is 0 Å². The summed E-state index contributed by atoms with van der Waals surface area (Å²) >= 11 is 0. The third-order valence-electron chi connectivity index (χ3n) is 3.06. The van der Waals surface area contributed by atoms with E-state index in [0.29, 0.717) is 12.4 Å². The quantitative estimate of drug-likeness (QED) is 0.556. The fourth-order valence-corrected chi connectivity index (χ4v) is 2.00. The Hall–Kier alpha value is -2.21. The Kier molecular flexibility index (Phi) is 4.84. The van der Waals surface area contributed by atoms with Crippen LogP contribution in [0.15, 0.2) is 30.6 Å². The summed E-state index contributed by atoms with van der Waals surface area (Å²) in [6.45, 7) is 2.73. The van der Waals surface area contributed by atoms with Gasteiger partial charge in [-0.3, -0.25) is 0 Å². The molecule has 0 radical (unpaired) electrons. The largest absolute Gasteiger partial charge is 0.369 e. The Morgan fingerprint density at radius 3 is 2.50 bits per heavy atom. The zero-order chi connectivity index (χ0) is 14.4. The summed E-state index contributed by atoms with van der Waals surface area (Å²) in [6.07, 6.45) is 3.03. The number of nitrogens with one attached hydrogen (secondary N) is 2. The van der Waals surface area contributed by atoms with E-state index >= 15 is 0 Å². The van der Waals surface area contributed by atoms with Crippen molar-refractivity contribution in [3.05, 3.63) is 47.5 Å². The summed E-state index contributed by atoms with van der Waals surface area (Å²) in [7, 11) is 0. The van der Waals surface area contributed by atoms with Crippen LogP contribution in [0.1, 0.15) is 18.1 Å². The van der Waals surface area contributed by atoms with Gasteiger partial charge >= 0.3 is 0 Å². The third-order valence-corrected chi connectivity index (χ3v) is 3.06. The maximum Gasteiger partial charge on any atom is 0.148 e. The van der Waals surface area contributed by atoms with E-state index in [9.17, 15) is 4.39 Å². The van der Waals surface area contributed by atoms with Crippen molar-refractivity contribution in [1.29, 1.82) is 0 Å². The molecular weight excluding hydrogens is 257 g/mol. The van der Waals surface area contributed by atoms with Crippen molar-refractivity contribution in [2.75, 3.05) is 17.3 Å². The number of hydrogen-bond donors (Lipinski definition) is 3. The van der Waals surface area contributed by atoms with E-state index in [4.69, 9.17) is 5.84 Å². The Morgan fingerprint density at radius 1 is 1.15 bits per heavy atom. The zero-order valence-corrected chi connectivity index (χ0v) is 11.4. The summed E-state index contributed by atoms with van der Waals surface area (Å²) in [5.41, 5.74) is 4.59. The molecule has 1 aromatic heterocycles. The van der Waals surface area contributed by atoms with Crippen LogP contribution in [0.5, 0.6) is 0 Å². The van der Waals surface area contributed by atoms with Gasteiger partial charge in [0.15, 0.2) is 0 Å². The molecule has 20 heavy (non-hydrogen) atoms. The van der Waals surface area contributed by atoms with Gasteiger partial charge in [-0.05, 0) is 30.5 Å². The lowest BCUT2D eigenvalue weighted by Crippen LogP contribution is -2.15. The van der Waals surface area contributed by atoms with Crippen LogP contribution in [0.4, 0.5) is 16.0 Å². The standard InChI is InChI=1S/C14H18FN5/c1-2-12-13(18-9-19-14(12)20-16)17-8-7-10-3-5-11(15)6-4-10/h3-6,9H,2,7-8,16H2,1H3,(H2,17,18,19,20). The van der Waals surface area contributed by atoms with Crippen LogP contribution in [0, 0.1) is 5.82 Å². The monoisotopic (exact) mass is 275 g/mol. The number of halogens is 1. The zero-order valence-electron chi connectivity index (χ0n) is 11.4. The minimum atomic E-state index is -0.218. The highest BCUT2D eigenvalue weighted by atomic mass is 19.1. The number of hydrogen-bond acceptors (Lipinski definition) is 5. The first-order valence-electron chi connectivity index (χ1n) is 6.53. The number of rotatable bonds is 6. The minimum Gasteiger partial charge on any atom is -0.369 e. The lowest BCUT2D eigenvalue weighted by atomic mass is 10.1. The van der Waals surface area contributed by atoms with Gasteiger partial charge in [0.05, 0.1) is 0 Å². The molecule has 6 heteroatoms. The van der Waals surface area contributed by atoms with Gasteiger partial charge in [0.1, 0.15) is 23.8 Å². The third kappa shape index (κ3) is 3.42. The van der Waals surface area contributed by atoms with E-state index in [-0.39, 0.29) is 5.82 Å². The molecule has 4 N–H and O–H groups in total. The molecule has 0 spiro atoms. The fourth-order valence-electron chi connectivity index (χ4n) is 2.00. The van der Waals surface area contributed by atoms with E-state index in [1.807, 2.05) is 6.92 Å². The number of aromatic nitrogens is 2. The van der Waals surface area contributed by atoms with Crippen LogP contribution in [-0.4, -0.2) is 16.5 Å². The Bertz CT molecular complexity index is 556. The first-order valence-corrected chi connectivity index (χ1v) is 6.53. The Morgan fingerprint density at radius 2 is 1.85 bits per heavy atom. The molecule has 2 rings (SSSR count). The first kappa shape index (κ1) is 14.2. The van der Waals surface area contributed by atoms with Gasteiger partial charge in [0.2, 0.25) is 0 Å². The molecule has 0 aliphatic heterocycles. The van der Waals surface area contributed by atoms with Crippen molar-refractivity contribution in [2.24, 2.45) is 5.84 Å². The van der Waals surface area contributed by atoms with E-state index in [2.05, 4.69) is 20.7 Å². The highest BCUT2D eigenvalue weighted by Gasteiger charge is 2.08. The van der Waals surface area contributed by atoms with Gasteiger partial charge in [-0.15, -0.1) is 0 Å². The molecule has 0 aliphatic carbocycles. The SMILES string of the molecule is CCc1c(NN)ncnc1NCCc1ccc(F)cc1. The van der Waals surface area contributed by atoms with Gasteiger partial charge < -0.3 is 10.7 Å². The highest BCUT2D eigenvalue weighted by molar-refractivity contribution is 5.56. The number of nitrogen functional groups attached to an aromatic ring is 1. The normalized spacial score (nSPS) is 10.3. The number of hydrazine groups is 1. The molecule has 0 bridgehead atoms. The van der Waals surface area contributed by atoms with E-state index in [1.54, 1.807) is 12.1 Å². The van der Waals surface area contributed by atoms with E-state index in [0.717, 1.165) is 29.8 Å². The van der Waals surface area contributed by atoms with Crippen LogP contribution in [0.2, 0.25) is 0 Å². The van der Waals surface area contributed by atoms with Crippen molar-refractivity contribution >= 4 is 11.6 Å². The smallest absolute Gasteiger partial charge is 0.148 e. The molecule has 106 valence electrons. The average Bonchev–Trinajstić information content (AvgIpc) is 2.49. The second-order valence-corrected chi connectivity index (χ2v) is 4.35. The number of nitrogens with zero attached hydrogens (tertiary/aromatic N) is 2. The summed E-state index contributed by atoms with van der Waals surface area (Å²) in [4.78, 5) is 8.30. The van der Waals surface area contributed by atoms with Crippen molar-refractivity contribution in [1.82, 2.24) is 9.97 Å². The lowest BCUT2D eigenvalue weighted by molar-refractivity contribution is 0.627. The molecule has 5 nitrogen and oxygen atoms in total. The molecule has 1 heterocycles. The van der Waals surface area contributed by atoms with Crippen molar-refractivity contribution < 1.29 is 4.39 Å². The molecule has 0 saturated heterocycles. The van der Waals surface area contributed by atoms with Gasteiger partial charge in [-0.1, -0.05) is 19.1 Å². The summed E-state index contributed by atoms with van der Waals surface area (Å²) < 4.78 is 12.8. The molecular formula is C14H18FN5. The van der Waals surface area contributed by atoms with E-state index in [1.165, 1.54) is 18.5 Å². The molecule has 2 aromatic rings. The highest BCUT2D eigenvalue weighted by Crippen LogP contribution is 2.19. The minimum absolute atomic E-state index is 0.218. The molecule has 0 aliphatic rings. The molecule has 0 atom stereocenters. The van der Waals surface area contributed by atoms with Crippen LogP contribution in [0.25, 0.3) is 0 Å². The lowest BCUT2D eigenvalue weighted by Gasteiger charge is -2.12. The molecule has 0 unspecified atom stereocenters. The predicted molar refractivity (Wildman–Crippen MR) is 77.8 cm³/mol. The second kappa shape index (κ2) is 6.81. The van der Waals surface area contributed by atoms with Gasteiger partial charge in [0.25, 0.3) is 0 Å². The van der Waals surface area contributed by atoms with Crippen LogP contribution in [-0.2, 0) is 12.8 Å². The van der Waals surface area contributed by atoms with Gasteiger partial charge in [0, 0.05) is 12.1 Å². The van der Waals surface area contributed by atoms with Gasteiger partial charge in [-0.25, -0.2) is 20.2 Å². The van der Waals surface area contributed by atoms with Crippen LogP contribution < -0.4 is 16.6 Å². The average molecular weight is 275 g/mol. The van der Waals surface area contributed by atoms with Crippen molar-refractivity contribution in [3.63, 3.8) is 0 Å². The maximum atomic E-state index is 12.8. The first-order chi connectivity index (χ1) is 9.74. The van der Waals surface area contributed by atoms with Crippen molar-refractivity contribution in [2.45, 2.75) is 19.8 Å². The summed E-state index contributed by atoms with van der Waals surface area (Å²) in [5.74, 6) is 6.61. The second-order valence-electron chi connectivity index (χ2n) is 4.35. The summed E-state index contributed by atoms with van der Waals surface area (Å²) in [6, 6.07) is 6.50. The number of nitrogens with two attached hydrogens (primary N) is 1. The Balaban J connectivity index is 1.98. The molecule has 0 amide bonds. The van der Waals surface area contributed by atoms with Crippen molar-refractivity contribution in [3.8, 4) is 0 Å². The topological polar surface area (TPSA) is 75.9 Å². The number of benzene rings is 1.